The maximum absolute atomic E-state index is 13.3. The smallest absolute Gasteiger partial charge is 0.335 e. The lowest BCUT2D eigenvalue weighted by molar-refractivity contribution is -0.137. The molecule has 0 bridgehead atoms. The molecule has 0 aliphatic heterocycles. The molecule has 0 saturated carbocycles. The predicted octanol–water partition coefficient (Wildman–Crippen LogP) is 3.43. The second-order valence-electron chi connectivity index (χ2n) is 8.65. The van der Waals surface area contributed by atoms with Gasteiger partial charge in [0.05, 0.1) is 18.3 Å². The number of aromatic nitrogens is 1. The number of ether oxygens (including phenoxy) is 1. The fourth-order valence-electron chi connectivity index (χ4n) is 4.00. The normalized spacial score (nSPS) is 10.7. The Morgan fingerprint density at radius 2 is 1.52 bits per heavy atom. The molecule has 0 spiro atoms. The summed E-state index contributed by atoms with van der Waals surface area (Å²) in [6.45, 7) is -0.953. The minimum atomic E-state index is -1.30. The summed E-state index contributed by atoms with van der Waals surface area (Å²) in [5, 5.41) is 32.3. The number of hydrogen-bond donors (Lipinski definition) is 5. The van der Waals surface area contributed by atoms with Gasteiger partial charge in [0.15, 0.2) is 17.2 Å². The van der Waals surface area contributed by atoms with Gasteiger partial charge in [-0.2, -0.15) is 0 Å². The molecular weight excluding hydrogens is 518 g/mol. The van der Waals surface area contributed by atoms with Crippen LogP contribution in [0, 0.1) is 0 Å². The summed E-state index contributed by atoms with van der Waals surface area (Å²) >= 11 is 0. The van der Waals surface area contributed by atoms with Gasteiger partial charge in [0.1, 0.15) is 12.3 Å². The maximum atomic E-state index is 13.3. The number of benzene rings is 3. The Morgan fingerprint density at radius 1 is 0.900 bits per heavy atom. The van der Waals surface area contributed by atoms with Crippen LogP contribution in [0.1, 0.15) is 38.0 Å². The Hall–Kier alpha value is -5.42. The number of nitrogens with one attached hydrogen (secondary N) is 2. The number of H-pyrrole nitrogens is 1. The first-order valence-electron chi connectivity index (χ1n) is 12.0. The number of aromatic carboxylic acids is 1. The highest BCUT2D eigenvalue weighted by molar-refractivity contribution is 5.96. The largest absolute Gasteiger partial charge is 0.502 e. The first-order chi connectivity index (χ1) is 19.2. The third-order valence-electron chi connectivity index (χ3n) is 5.91. The van der Waals surface area contributed by atoms with Crippen molar-refractivity contribution >= 4 is 17.8 Å². The molecule has 0 saturated heterocycles. The van der Waals surface area contributed by atoms with Gasteiger partial charge in [-0.3, -0.25) is 19.7 Å². The lowest BCUT2D eigenvalue weighted by atomic mass is 9.99. The quantitative estimate of drug-likeness (QED) is 0.178. The number of aromatic amines is 1. The number of pyridine rings is 1. The molecule has 4 rings (SSSR count). The first-order valence-corrected chi connectivity index (χ1v) is 12.0. The number of rotatable bonds is 11. The van der Waals surface area contributed by atoms with E-state index in [1.54, 1.807) is 0 Å². The lowest BCUT2D eigenvalue weighted by Crippen LogP contribution is -2.43. The number of amides is 1. The van der Waals surface area contributed by atoms with Crippen LogP contribution in [0.4, 0.5) is 0 Å². The number of carbonyl (C=O) groups is 3. The third-order valence-corrected chi connectivity index (χ3v) is 5.91. The van der Waals surface area contributed by atoms with Crippen LogP contribution in [0.15, 0.2) is 95.9 Å². The van der Waals surface area contributed by atoms with Crippen LogP contribution >= 0.6 is 0 Å². The summed E-state index contributed by atoms with van der Waals surface area (Å²) in [5.74, 6) is -4.79. The van der Waals surface area contributed by atoms with Crippen molar-refractivity contribution in [2.75, 3.05) is 13.2 Å². The molecule has 40 heavy (non-hydrogen) atoms. The second-order valence-corrected chi connectivity index (χ2v) is 8.65. The van der Waals surface area contributed by atoms with Crippen molar-refractivity contribution in [3.8, 4) is 17.2 Å². The predicted molar refractivity (Wildman–Crippen MR) is 144 cm³/mol. The van der Waals surface area contributed by atoms with Gasteiger partial charge in [0.2, 0.25) is 0 Å². The number of carbonyl (C=O) groups excluding carboxylic acids is 1. The average molecular weight is 544 g/mol. The molecule has 0 aliphatic rings. The topological polar surface area (TPSA) is 169 Å². The molecule has 0 radical (unpaired) electrons. The zero-order valence-corrected chi connectivity index (χ0v) is 21.0. The average Bonchev–Trinajstić information content (AvgIpc) is 2.96. The van der Waals surface area contributed by atoms with E-state index in [0.29, 0.717) is 0 Å². The van der Waals surface area contributed by atoms with Gasteiger partial charge in [-0.1, -0.05) is 66.7 Å². The molecule has 11 nitrogen and oxygen atoms in total. The van der Waals surface area contributed by atoms with Gasteiger partial charge in [0.25, 0.3) is 11.3 Å². The molecule has 0 unspecified atom stereocenters. The van der Waals surface area contributed by atoms with Gasteiger partial charge < -0.3 is 29.9 Å². The summed E-state index contributed by atoms with van der Waals surface area (Å²) in [6.07, 6.45) is 1.03. The van der Waals surface area contributed by atoms with Gasteiger partial charge in [0, 0.05) is 6.20 Å². The van der Waals surface area contributed by atoms with E-state index in [0.717, 1.165) is 22.2 Å². The van der Waals surface area contributed by atoms with Crippen molar-refractivity contribution < 1.29 is 34.4 Å². The molecule has 0 atom stereocenters. The summed E-state index contributed by atoms with van der Waals surface area (Å²) in [4.78, 5) is 52.3. The Morgan fingerprint density at radius 3 is 2.10 bits per heavy atom. The zero-order valence-electron chi connectivity index (χ0n) is 21.0. The van der Waals surface area contributed by atoms with Gasteiger partial charge in [-0.05, 0) is 29.3 Å². The van der Waals surface area contributed by atoms with Gasteiger partial charge >= 0.3 is 11.9 Å². The third kappa shape index (κ3) is 6.52. The fraction of sp³-hybridized carbons (Fsp3) is 0.103. The summed E-state index contributed by atoms with van der Waals surface area (Å²) < 4.78 is 5.42. The molecule has 3 aromatic carbocycles. The van der Waals surface area contributed by atoms with Crippen molar-refractivity contribution in [2.24, 2.45) is 0 Å². The van der Waals surface area contributed by atoms with Crippen molar-refractivity contribution in [3.63, 3.8) is 0 Å². The Balaban J connectivity index is 1.58. The minimum Gasteiger partial charge on any atom is -0.502 e. The van der Waals surface area contributed by atoms with Crippen LogP contribution in [0.3, 0.4) is 0 Å². The van der Waals surface area contributed by atoms with Crippen LogP contribution in [-0.4, -0.2) is 56.3 Å². The summed E-state index contributed by atoms with van der Waals surface area (Å²) in [7, 11) is 0. The van der Waals surface area contributed by atoms with Crippen molar-refractivity contribution in [3.05, 3.63) is 124 Å². The van der Waals surface area contributed by atoms with Crippen molar-refractivity contribution in [1.82, 2.24) is 15.2 Å². The summed E-state index contributed by atoms with van der Waals surface area (Å²) in [5.41, 5.74) is 0.0986. The zero-order chi connectivity index (χ0) is 28.6. The standard InChI is InChI=1S/C29H25N3O8/c33-23(34)16-32(17-31-24(18-8-3-1-4-9-18)19-10-5-2-6-11-19)28(37)25-27(36)26(35)22(15-30-25)40-21-13-7-12-20(14-21)29(38)39/h1-15,24,31,36H,16-17H2,(H,30,35)(H,33,34)(H,38,39). The van der Waals surface area contributed by atoms with Gasteiger partial charge in [-0.25, -0.2) is 4.79 Å². The Bertz CT molecular complexity index is 1530. The van der Waals surface area contributed by atoms with Crippen LogP contribution < -0.4 is 15.5 Å². The molecule has 1 amide bonds. The van der Waals surface area contributed by atoms with Gasteiger partial charge in [-0.15, -0.1) is 0 Å². The summed E-state index contributed by atoms with van der Waals surface area (Å²) in [6, 6.07) is 23.7. The number of carboxylic acid groups (broad SMARTS) is 2. The van der Waals surface area contributed by atoms with Crippen LogP contribution in [0.25, 0.3) is 0 Å². The van der Waals surface area contributed by atoms with E-state index in [1.807, 2.05) is 60.7 Å². The van der Waals surface area contributed by atoms with Crippen LogP contribution in [-0.2, 0) is 4.79 Å². The number of aromatic hydroxyl groups is 1. The molecule has 204 valence electrons. The van der Waals surface area contributed by atoms with Crippen molar-refractivity contribution in [2.45, 2.75) is 6.04 Å². The van der Waals surface area contributed by atoms with Crippen LogP contribution in [0.5, 0.6) is 17.2 Å². The maximum Gasteiger partial charge on any atom is 0.335 e. The number of aliphatic carboxylic acids is 1. The SMILES string of the molecule is O=C(O)CN(CNC(c1ccccc1)c1ccccc1)C(=O)c1[nH]cc(Oc2cccc(C(=O)O)c2)c(=O)c1O. The lowest BCUT2D eigenvalue weighted by Gasteiger charge is -2.26. The molecule has 0 fully saturated rings. The number of carboxylic acids is 2. The Labute approximate surface area is 227 Å². The highest BCUT2D eigenvalue weighted by Crippen LogP contribution is 2.24. The molecule has 0 aliphatic carbocycles. The minimum absolute atomic E-state index is 0.0217. The molecular formula is C29H25N3O8. The fourth-order valence-corrected chi connectivity index (χ4v) is 4.00. The molecule has 11 heteroatoms. The molecule has 5 N–H and O–H groups in total. The highest BCUT2D eigenvalue weighted by atomic mass is 16.5. The molecule has 1 heterocycles. The number of hydrogen-bond acceptors (Lipinski definition) is 7. The van der Waals surface area contributed by atoms with Crippen molar-refractivity contribution in [1.29, 1.82) is 0 Å². The monoisotopic (exact) mass is 543 g/mol. The molecule has 1 aromatic heterocycles. The second kappa shape index (κ2) is 12.4. The van der Waals surface area contributed by atoms with E-state index in [2.05, 4.69) is 10.3 Å². The molecule has 4 aromatic rings. The Kier molecular flexibility index (Phi) is 8.57. The first kappa shape index (κ1) is 27.6. The van der Waals surface area contributed by atoms with E-state index < -0.39 is 53.1 Å². The van der Waals surface area contributed by atoms with Crippen LogP contribution in [0.2, 0.25) is 0 Å². The van der Waals surface area contributed by atoms with E-state index in [1.165, 1.54) is 24.3 Å². The highest BCUT2D eigenvalue weighted by Gasteiger charge is 2.26. The van der Waals surface area contributed by atoms with E-state index in [4.69, 9.17) is 9.84 Å². The number of nitrogens with zero attached hydrogens (tertiary/aromatic N) is 1. The van der Waals surface area contributed by atoms with E-state index >= 15 is 0 Å². The van der Waals surface area contributed by atoms with E-state index in [9.17, 15) is 29.4 Å². The van der Waals surface area contributed by atoms with E-state index in [-0.39, 0.29) is 18.0 Å².